The van der Waals surface area contributed by atoms with E-state index in [-0.39, 0.29) is 12.3 Å². The molecule has 2 heterocycles. The van der Waals surface area contributed by atoms with Crippen LogP contribution in [-0.2, 0) is 15.8 Å². The van der Waals surface area contributed by atoms with Gasteiger partial charge in [0.05, 0.1) is 18.0 Å². The van der Waals surface area contributed by atoms with Gasteiger partial charge < -0.3 is 15.0 Å². The summed E-state index contributed by atoms with van der Waals surface area (Å²) in [6.45, 7) is 7.51. The fraction of sp³-hybridized carbons (Fsp3) is 0.357. The number of halogens is 3. The summed E-state index contributed by atoms with van der Waals surface area (Å²) in [5.74, 6) is -1.93. The van der Waals surface area contributed by atoms with E-state index in [9.17, 15) is 32.7 Å². The van der Waals surface area contributed by atoms with Crippen molar-refractivity contribution in [2.24, 2.45) is 5.92 Å². The van der Waals surface area contributed by atoms with E-state index in [1.807, 2.05) is 45.9 Å². The van der Waals surface area contributed by atoms with Crippen molar-refractivity contribution in [3.8, 4) is 11.1 Å². The van der Waals surface area contributed by atoms with Crippen LogP contribution in [0, 0.1) is 19.8 Å². The third-order valence-electron chi connectivity index (χ3n) is 6.24. The number of amides is 1. The molecule has 202 valence electrons. The van der Waals surface area contributed by atoms with E-state index in [2.05, 4.69) is 10.3 Å². The maximum absolute atomic E-state index is 13.4. The molecule has 0 saturated heterocycles. The number of benzene rings is 1. The molecule has 0 aliphatic rings. The Bertz CT molecular complexity index is 1360. The molecule has 0 radical (unpaired) electrons. The highest BCUT2D eigenvalue weighted by Gasteiger charge is 2.32. The molecule has 0 saturated carbocycles. The lowest BCUT2D eigenvalue weighted by Crippen LogP contribution is -2.40. The number of carboxylic acid groups (broad SMARTS) is 1. The van der Waals surface area contributed by atoms with Crippen LogP contribution in [0.15, 0.2) is 59.8 Å². The molecule has 0 bridgehead atoms. The van der Waals surface area contributed by atoms with Gasteiger partial charge in [-0.15, -0.1) is 0 Å². The number of carboxylic acids is 1. The molecule has 1 amide bonds. The van der Waals surface area contributed by atoms with E-state index in [0.29, 0.717) is 11.6 Å². The minimum atomic E-state index is -4.70. The number of nitrogens with zero attached hydrogens (tertiary/aromatic N) is 2. The van der Waals surface area contributed by atoms with Crippen LogP contribution < -0.4 is 10.9 Å². The number of aryl methyl sites for hydroxylation is 2. The van der Waals surface area contributed by atoms with Crippen molar-refractivity contribution in [3.63, 3.8) is 0 Å². The van der Waals surface area contributed by atoms with Crippen molar-refractivity contribution in [1.29, 1.82) is 0 Å². The Morgan fingerprint density at radius 3 is 2.29 bits per heavy atom. The predicted molar refractivity (Wildman–Crippen MR) is 136 cm³/mol. The molecule has 0 aliphatic heterocycles. The number of carbonyl (C=O) groups is 2. The van der Waals surface area contributed by atoms with Crippen LogP contribution in [0.2, 0.25) is 0 Å². The number of hydrogen-bond acceptors (Lipinski definition) is 4. The van der Waals surface area contributed by atoms with Crippen LogP contribution in [0.3, 0.4) is 0 Å². The number of alkyl halides is 3. The van der Waals surface area contributed by atoms with Gasteiger partial charge in [0.15, 0.2) is 0 Å². The minimum absolute atomic E-state index is 0.0908. The smallest absolute Gasteiger partial charge is 0.416 e. The standard InChI is InChI=1S/C28H30F3N3O4/c1-16(2)10-23(34-9-8-21(12-24(34)35)28(29,30)31)27(38)33-22(13-25(36)37)19-11-20(15-32-14-19)26-17(3)6-5-7-18(26)4/h5-9,11-12,14-16,22-23H,10,13H2,1-4H3,(H,33,38)(H,36,37)/t22-,23+/m0/s1. The van der Waals surface area contributed by atoms with Crippen molar-refractivity contribution < 1.29 is 27.9 Å². The van der Waals surface area contributed by atoms with Crippen LogP contribution in [0.25, 0.3) is 11.1 Å². The molecular formula is C28H30F3N3O4. The Morgan fingerprint density at radius 1 is 1.08 bits per heavy atom. The van der Waals surface area contributed by atoms with Crippen molar-refractivity contribution >= 4 is 11.9 Å². The zero-order valence-corrected chi connectivity index (χ0v) is 21.5. The largest absolute Gasteiger partial charge is 0.481 e. The number of pyridine rings is 2. The van der Waals surface area contributed by atoms with Crippen LogP contribution >= 0.6 is 0 Å². The molecule has 0 aliphatic carbocycles. The van der Waals surface area contributed by atoms with E-state index in [1.54, 1.807) is 12.3 Å². The lowest BCUT2D eigenvalue weighted by atomic mass is 9.94. The molecule has 3 aromatic rings. The Hall–Kier alpha value is -3.95. The fourth-order valence-corrected chi connectivity index (χ4v) is 4.47. The average molecular weight is 530 g/mol. The first kappa shape index (κ1) is 28.6. The number of hydrogen-bond donors (Lipinski definition) is 2. The van der Waals surface area contributed by atoms with E-state index in [0.717, 1.165) is 39.1 Å². The molecule has 1 aromatic carbocycles. The van der Waals surface area contributed by atoms with Crippen LogP contribution in [0.4, 0.5) is 13.2 Å². The van der Waals surface area contributed by atoms with Gasteiger partial charge in [-0.3, -0.25) is 19.4 Å². The maximum atomic E-state index is 13.4. The zero-order chi connectivity index (χ0) is 28.2. The Morgan fingerprint density at radius 2 is 1.74 bits per heavy atom. The van der Waals surface area contributed by atoms with Gasteiger partial charge in [0.2, 0.25) is 5.91 Å². The Balaban J connectivity index is 1.99. The number of nitrogens with one attached hydrogen (secondary N) is 1. The number of rotatable bonds is 9. The summed E-state index contributed by atoms with van der Waals surface area (Å²) in [7, 11) is 0. The van der Waals surface area contributed by atoms with Crippen LogP contribution in [-0.4, -0.2) is 26.5 Å². The summed E-state index contributed by atoms with van der Waals surface area (Å²) in [6, 6.07) is 6.65. The second kappa shape index (κ2) is 11.6. The highest BCUT2D eigenvalue weighted by molar-refractivity contribution is 5.82. The van der Waals surface area contributed by atoms with Gasteiger partial charge in [-0.25, -0.2) is 0 Å². The summed E-state index contributed by atoms with van der Waals surface area (Å²) in [4.78, 5) is 42.0. The van der Waals surface area contributed by atoms with Crippen molar-refractivity contribution in [1.82, 2.24) is 14.9 Å². The van der Waals surface area contributed by atoms with Crippen molar-refractivity contribution in [2.45, 2.75) is 58.8 Å². The monoisotopic (exact) mass is 529 g/mol. The lowest BCUT2D eigenvalue weighted by molar-refractivity contribution is -0.138. The average Bonchev–Trinajstić information content (AvgIpc) is 2.81. The summed E-state index contributed by atoms with van der Waals surface area (Å²) in [5.41, 5.74) is 2.05. The predicted octanol–water partition coefficient (Wildman–Crippen LogP) is 5.47. The molecule has 3 rings (SSSR count). The Labute approximate surface area is 218 Å². The Kier molecular flexibility index (Phi) is 8.75. The van der Waals surface area contributed by atoms with Gasteiger partial charge >= 0.3 is 12.1 Å². The second-order valence-electron chi connectivity index (χ2n) is 9.74. The normalized spacial score (nSPS) is 13.3. The van der Waals surface area contributed by atoms with E-state index < -0.39 is 47.7 Å². The van der Waals surface area contributed by atoms with E-state index in [1.165, 1.54) is 6.20 Å². The highest BCUT2D eigenvalue weighted by atomic mass is 19.4. The van der Waals surface area contributed by atoms with Gasteiger partial charge in [0, 0.05) is 30.2 Å². The molecule has 2 N–H and O–H groups in total. The van der Waals surface area contributed by atoms with Gasteiger partial charge in [-0.2, -0.15) is 13.2 Å². The number of aliphatic carboxylic acids is 1. The first-order chi connectivity index (χ1) is 17.8. The molecule has 2 aromatic heterocycles. The molecule has 0 spiro atoms. The summed E-state index contributed by atoms with van der Waals surface area (Å²) in [5, 5.41) is 12.3. The van der Waals surface area contributed by atoms with Gasteiger partial charge in [0.1, 0.15) is 6.04 Å². The van der Waals surface area contributed by atoms with Crippen LogP contribution in [0.5, 0.6) is 0 Å². The summed E-state index contributed by atoms with van der Waals surface area (Å²) < 4.78 is 40.2. The van der Waals surface area contributed by atoms with Crippen molar-refractivity contribution in [2.75, 3.05) is 0 Å². The molecule has 0 fully saturated rings. The SMILES string of the molecule is Cc1cccc(C)c1-c1cncc([C@H](CC(=O)O)NC(=O)[C@@H](CC(C)C)n2ccc(C(F)(F)F)cc2=O)c1. The molecular weight excluding hydrogens is 499 g/mol. The number of aromatic nitrogens is 2. The lowest BCUT2D eigenvalue weighted by Gasteiger charge is -2.25. The second-order valence-corrected chi connectivity index (χ2v) is 9.74. The number of carbonyl (C=O) groups excluding carboxylic acids is 1. The zero-order valence-electron chi connectivity index (χ0n) is 21.5. The van der Waals surface area contributed by atoms with Gasteiger partial charge in [-0.05, 0) is 60.6 Å². The minimum Gasteiger partial charge on any atom is -0.481 e. The van der Waals surface area contributed by atoms with Crippen LogP contribution in [0.1, 0.15) is 61.0 Å². The quantitative estimate of drug-likeness (QED) is 0.383. The maximum Gasteiger partial charge on any atom is 0.416 e. The fourth-order valence-electron chi connectivity index (χ4n) is 4.47. The molecule has 7 nitrogen and oxygen atoms in total. The summed E-state index contributed by atoms with van der Waals surface area (Å²) in [6.07, 6.45) is -0.937. The first-order valence-corrected chi connectivity index (χ1v) is 12.1. The third kappa shape index (κ3) is 6.87. The van der Waals surface area contributed by atoms with Gasteiger partial charge in [0.25, 0.3) is 5.56 Å². The first-order valence-electron chi connectivity index (χ1n) is 12.1. The molecule has 0 unspecified atom stereocenters. The molecule has 2 atom stereocenters. The summed E-state index contributed by atoms with van der Waals surface area (Å²) >= 11 is 0. The van der Waals surface area contributed by atoms with Gasteiger partial charge in [-0.1, -0.05) is 32.0 Å². The highest BCUT2D eigenvalue weighted by Crippen LogP contribution is 2.30. The molecule has 38 heavy (non-hydrogen) atoms. The van der Waals surface area contributed by atoms with E-state index in [4.69, 9.17) is 0 Å². The van der Waals surface area contributed by atoms with E-state index >= 15 is 0 Å². The van der Waals surface area contributed by atoms with Crippen molar-refractivity contribution in [3.05, 3.63) is 87.6 Å². The molecule has 10 heteroatoms. The topological polar surface area (TPSA) is 101 Å². The third-order valence-corrected chi connectivity index (χ3v) is 6.24.